The zero-order chi connectivity index (χ0) is 30.0. The maximum absolute atomic E-state index is 14.4. The number of nitrogens with one attached hydrogen (secondary N) is 2. The monoisotopic (exact) mass is 551 g/mol. The Morgan fingerprint density at radius 2 is 1.50 bits per heavy atom. The second kappa shape index (κ2) is 14.9. The van der Waals surface area contributed by atoms with Crippen LogP contribution in [0.15, 0.2) is 42.5 Å². The van der Waals surface area contributed by atoms with Gasteiger partial charge in [-0.25, -0.2) is 4.79 Å². The Labute approximate surface area is 241 Å². The average Bonchev–Trinajstić information content (AvgIpc) is 2.84. The van der Waals surface area contributed by atoms with E-state index >= 15 is 0 Å². The number of anilines is 1. The SMILES string of the molecule is CCCCCN(C(=O)C(CC(C)C)NC(=O)OC(C)(C)C)C(C(=O)Nc1ccccc1C)c1c(C)cccc1C. The third kappa shape index (κ3) is 9.68. The van der Waals surface area contributed by atoms with E-state index in [2.05, 4.69) is 17.6 Å². The number of hydrogen-bond donors (Lipinski definition) is 2. The number of benzene rings is 2. The normalized spacial score (nSPS) is 12.9. The summed E-state index contributed by atoms with van der Waals surface area (Å²) >= 11 is 0. The summed E-state index contributed by atoms with van der Waals surface area (Å²) in [6, 6.07) is 11.8. The van der Waals surface area contributed by atoms with Gasteiger partial charge in [0.25, 0.3) is 5.91 Å². The zero-order valence-electron chi connectivity index (χ0n) is 25.9. The molecule has 2 rings (SSSR count). The first-order valence-corrected chi connectivity index (χ1v) is 14.5. The summed E-state index contributed by atoms with van der Waals surface area (Å²) < 4.78 is 5.50. The van der Waals surface area contributed by atoms with Gasteiger partial charge < -0.3 is 20.3 Å². The summed E-state index contributed by atoms with van der Waals surface area (Å²) in [5.41, 5.74) is 3.60. The molecule has 3 amide bonds. The predicted molar refractivity (Wildman–Crippen MR) is 162 cm³/mol. The van der Waals surface area contributed by atoms with E-state index in [4.69, 9.17) is 4.74 Å². The predicted octanol–water partition coefficient (Wildman–Crippen LogP) is 7.25. The number of hydrogen-bond acceptors (Lipinski definition) is 4. The minimum Gasteiger partial charge on any atom is -0.444 e. The molecule has 2 N–H and O–H groups in total. The highest BCUT2D eigenvalue weighted by molar-refractivity contribution is 5.99. The van der Waals surface area contributed by atoms with Gasteiger partial charge in [-0.2, -0.15) is 0 Å². The molecule has 7 nitrogen and oxygen atoms in total. The maximum atomic E-state index is 14.4. The van der Waals surface area contributed by atoms with Gasteiger partial charge in [-0.05, 0) is 88.6 Å². The van der Waals surface area contributed by atoms with Gasteiger partial charge >= 0.3 is 6.09 Å². The number of carbonyl (C=O) groups excluding carboxylic acids is 3. The van der Waals surface area contributed by atoms with E-state index in [0.717, 1.165) is 41.5 Å². The van der Waals surface area contributed by atoms with Crippen LogP contribution in [-0.4, -0.2) is 41.0 Å². The standard InChI is InChI=1S/C33H49N3O4/c1-10-11-14-20-36(31(38)27(21-22(2)3)35-32(39)40-33(7,8)9)29(28-24(5)17-15-18-25(28)6)30(37)34-26-19-13-12-16-23(26)4/h12-13,15-19,22,27,29H,10-11,14,20-21H2,1-9H3,(H,34,37)(H,35,39). The highest BCUT2D eigenvalue weighted by Gasteiger charge is 2.37. The molecule has 0 aliphatic heterocycles. The Kier molecular flexibility index (Phi) is 12.2. The lowest BCUT2D eigenvalue weighted by Gasteiger charge is -2.36. The molecule has 0 spiro atoms. The van der Waals surface area contributed by atoms with Gasteiger partial charge in [-0.3, -0.25) is 9.59 Å². The Bertz CT molecular complexity index is 1130. The van der Waals surface area contributed by atoms with E-state index < -0.39 is 23.8 Å². The molecule has 0 bridgehead atoms. The van der Waals surface area contributed by atoms with Gasteiger partial charge in [0, 0.05) is 12.2 Å². The quantitative estimate of drug-likeness (QED) is 0.272. The lowest BCUT2D eigenvalue weighted by atomic mass is 9.92. The molecule has 7 heteroatoms. The molecule has 2 aromatic rings. The summed E-state index contributed by atoms with van der Waals surface area (Å²) in [7, 11) is 0. The summed E-state index contributed by atoms with van der Waals surface area (Å²) in [6.45, 7) is 17.7. The molecule has 220 valence electrons. The molecule has 40 heavy (non-hydrogen) atoms. The van der Waals surface area contributed by atoms with Crippen LogP contribution in [-0.2, 0) is 14.3 Å². The van der Waals surface area contributed by atoms with Crippen molar-refractivity contribution in [2.24, 2.45) is 5.92 Å². The second-order valence-electron chi connectivity index (χ2n) is 12.1. The Morgan fingerprint density at radius 3 is 2.05 bits per heavy atom. The highest BCUT2D eigenvalue weighted by atomic mass is 16.6. The molecular weight excluding hydrogens is 502 g/mol. The molecule has 0 radical (unpaired) electrons. The molecule has 0 aliphatic rings. The first-order valence-electron chi connectivity index (χ1n) is 14.5. The molecule has 2 atom stereocenters. The third-order valence-corrected chi connectivity index (χ3v) is 6.76. The van der Waals surface area contributed by atoms with Gasteiger partial charge in [-0.15, -0.1) is 0 Å². The van der Waals surface area contributed by atoms with Crippen LogP contribution in [0.4, 0.5) is 10.5 Å². The largest absolute Gasteiger partial charge is 0.444 e. The number of alkyl carbamates (subject to hydrolysis) is 1. The molecule has 0 heterocycles. The van der Waals surface area contributed by atoms with Gasteiger partial charge in [-0.1, -0.05) is 70.0 Å². The van der Waals surface area contributed by atoms with Crippen LogP contribution in [0.1, 0.15) is 95.5 Å². The molecule has 2 unspecified atom stereocenters. The summed E-state index contributed by atoms with van der Waals surface area (Å²) in [6.07, 6.45) is 2.39. The van der Waals surface area contributed by atoms with Crippen LogP contribution in [0.3, 0.4) is 0 Å². The van der Waals surface area contributed by atoms with Crippen molar-refractivity contribution in [1.82, 2.24) is 10.2 Å². The minimum absolute atomic E-state index is 0.126. The van der Waals surface area contributed by atoms with E-state index in [1.165, 1.54) is 0 Å². The number of amides is 3. The number of ether oxygens (including phenoxy) is 1. The fourth-order valence-electron chi connectivity index (χ4n) is 4.84. The van der Waals surface area contributed by atoms with Gasteiger partial charge in [0.1, 0.15) is 17.7 Å². The van der Waals surface area contributed by atoms with Crippen molar-refractivity contribution in [3.8, 4) is 0 Å². The number of unbranched alkanes of at least 4 members (excludes halogenated alkanes) is 2. The molecular formula is C33H49N3O4. The Balaban J connectivity index is 2.62. The van der Waals surface area contributed by atoms with E-state index in [1.807, 2.05) is 77.1 Å². The number of para-hydroxylation sites is 1. The smallest absolute Gasteiger partial charge is 0.408 e. The summed E-state index contributed by atoms with van der Waals surface area (Å²) in [5.74, 6) is -0.443. The fourth-order valence-corrected chi connectivity index (χ4v) is 4.84. The number of rotatable bonds is 12. The van der Waals surface area contributed by atoms with Crippen LogP contribution in [0.2, 0.25) is 0 Å². The first kappa shape index (κ1) is 32.9. The molecule has 2 aromatic carbocycles. The van der Waals surface area contributed by atoms with Crippen molar-refractivity contribution >= 4 is 23.6 Å². The minimum atomic E-state index is -0.875. The van der Waals surface area contributed by atoms with Crippen LogP contribution in [0, 0.1) is 26.7 Å². The molecule has 0 saturated carbocycles. The number of aryl methyl sites for hydroxylation is 3. The van der Waals surface area contributed by atoms with Crippen LogP contribution in [0.5, 0.6) is 0 Å². The highest BCUT2D eigenvalue weighted by Crippen LogP contribution is 2.31. The van der Waals surface area contributed by atoms with Crippen LogP contribution in [0.25, 0.3) is 0 Å². The lowest BCUT2D eigenvalue weighted by Crippen LogP contribution is -2.53. The maximum Gasteiger partial charge on any atom is 0.408 e. The van der Waals surface area contributed by atoms with E-state index in [9.17, 15) is 14.4 Å². The van der Waals surface area contributed by atoms with Crippen molar-refractivity contribution in [3.63, 3.8) is 0 Å². The average molecular weight is 552 g/mol. The van der Waals surface area contributed by atoms with E-state index in [1.54, 1.807) is 25.7 Å². The summed E-state index contributed by atoms with van der Waals surface area (Å²) in [4.78, 5) is 43.1. The molecule has 0 fully saturated rings. The summed E-state index contributed by atoms with van der Waals surface area (Å²) in [5, 5.41) is 5.92. The van der Waals surface area contributed by atoms with Crippen molar-refractivity contribution in [3.05, 3.63) is 64.7 Å². The lowest BCUT2D eigenvalue weighted by molar-refractivity contribution is -0.141. The molecule has 0 aromatic heterocycles. The second-order valence-corrected chi connectivity index (χ2v) is 12.1. The van der Waals surface area contributed by atoms with E-state index in [-0.39, 0.29) is 17.7 Å². The Hall–Kier alpha value is -3.35. The van der Waals surface area contributed by atoms with Gasteiger partial charge in [0.15, 0.2) is 0 Å². The molecule has 0 saturated heterocycles. The van der Waals surface area contributed by atoms with Crippen LogP contribution < -0.4 is 10.6 Å². The van der Waals surface area contributed by atoms with Crippen molar-refractivity contribution < 1.29 is 19.1 Å². The van der Waals surface area contributed by atoms with Gasteiger partial charge in [0.05, 0.1) is 0 Å². The Morgan fingerprint density at radius 1 is 0.900 bits per heavy atom. The topological polar surface area (TPSA) is 87.7 Å². The third-order valence-electron chi connectivity index (χ3n) is 6.76. The van der Waals surface area contributed by atoms with E-state index in [0.29, 0.717) is 18.7 Å². The number of nitrogens with zero attached hydrogens (tertiary/aromatic N) is 1. The first-order chi connectivity index (χ1) is 18.7. The zero-order valence-corrected chi connectivity index (χ0v) is 25.9. The fraction of sp³-hybridized carbons (Fsp3) is 0.545. The van der Waals surface area contributed by atoms with Crippen molar-refractivity contribution in [1.29, 1.82) is 0 Å². The molecule has 0 aliphatic carbocycles. The van der Waals surface area contributed by atoms with Crippen molar-refractivity contribution in [2.45, 2.75) is 106 Å². The van der Waals surface area contributed by atoms with Crippen LogP contribution >= 0.6 is 0 Å². The van der Waals surface area contributed by atoms with Crippen molar-refractivity contribution in [2.75, 3.05) is 11.9 Å². The van der Waals surface area contributed by atoms with Gasteiger partial charge in [0.2, 0.25) is 5.91 Å². The number of carbonyl (C=O) groups is 3.